The highest BCUT2D eigenvalue weighted by Crippen LogP contribution is 2.48. The first-order valence-corrected chi connectivity index (χ1v) is 9.23. The van der Waals surface area contributed by atoms with Crippen LogP contribution in [0.5, 0.6) is 17.2 Å². The highest BCUT2D eigenvalue weighted by molar-refractivity contribution is 5.95. The topological polar surface area (TPSA) is 105 Å². The Morgan fingerprint density at radius 2 is 1.93 bits per heavy atom. The van der Waals surface area contributed by atoms with Crippen LogP contribution in [0.1, 0.15) is 33.7 Å². The lowest BCUT2D eigenvalue weighted by Crippen LogP contribution is -2.20. The van der Waals surface area contributed by atoms with E-state index in [0.29, 0.717) is 34.6 Å². The van der Waals surface area contributed by atoms with E-state index in [1.807, 2.05) is 6.07 Å². The molecule has 0 aromatic heterocycles. The van der Waals surface area contributed by atoms with Gasteiger partial charge in [-0.05, 0) is 34.4 Å². The van der Waals surface area contributed by atoms with Gasteiger partial charge in [0.15, 0.2) is 11.5 Å². The maximum atomic E-state index is 12.6. The minimum Gasteiger partial charge on any atom is -0.504 e. The van der Waals surface area contributed by atoms with Crippen LogP contribution in [0.3, 0.4) is 0 Å². The monoisotopic (exact) mass is 398 g/mol. The zero-order valence-electron chi connectivity index (χ0n) is 16.2. The molecular formula is C22H22O7. The lowest BCUT2D eigenvalue weighted by Gasteiger charge is -2.30. The Bertz CT molecular complexity index is 1020. The molecule has 2 aromatic rings. The van der Waals surface area contributed by atoms with Crippen molar-refractivity contribution in [3.63, 3.8) is 0 Å². The van der Waals surface area contributed by atoms with E-state index in [1.165, 1.54) is 20.3 Å². The molecule has 0 bridgehead atoms. The average Bonchev–Trinajstić information content (AvgIpc) is 3.11. The number of aliphatic hydroxyl groups is 2. The van der Waals surface area contributed by atoms with Gasteiger partial charge < -0.3 is 29.5 Å². The van der Waals surface area contributed by atoms with Crippen molar-refractivity contribution in [2.24, 2.45) is 0 Å². The molecule has 3 N–H and O–H groups in total. The molecule has 2 aliphatic rings. The molecule has 0 fully saturated rings. The minimum atomic E-state index is -0.467. The number of carbonyl (C=O) groups excluding carboxylic acids is 1. The van der Waals surface area contributed by atoms with Gasteiger partial charge in [0.05, 0.1) is 33.0 Å². The Kier molecular flexibility index (Phi) is 4.94. The Morgan fingerprint density at radius 3 is 2.59 bits per heavy atom. The summed E-state index contributed by atoms with van der Waals surface area (Å²) in [6.07, 6.45) is 0.462. The lowest BCUT2D eigenvalue weighted by molar-refractivity contribution is -0.136. The summed E-state index contributed by atoms with van der Waals surface area (Å²) in [7, 11) is 2.98. The first-order chi connectivity index (χ1) is 14.0. The highest BCUT2D eigenvalue weighted by Gasteiger charge is 2.40. The number of phenolic OH excluding ortho intramolecular Hbond substituents is 1. The van der Waals surface area contributed by atoms with Crippen molar-refractivity contribution in [1.29, 1.82) is 0 Å². The Morgan fingerprint density at radius 1 is 1.14 bits per heavy atom. The molecule has 0 amide bonds. The predicted octanol–water partition coefficient (Wildman–Crippen LogP) is 1.94. The van der Waals surface area contributed by atoms with Crippen LogP contribution >= 0.6 is 0 Å². The molecule has 0 saturated heterocycles. The van der Waals surface area contributed by atoms with Gasteiger partial charge in [0.1, 0.15) is 12.4 Å². The fourth-order valence-corrected chi connectivity index (χ4v) is 4.33. The van der Waals surface area contributed by atoms with Gasteiger partial charge >= 0.3 is 5.97 Å². The van der Waals surface area contributed by atoms with Gasteiger partial charge in [0.2, 0.25) is 0 Å². The highest BCUT2D eigenvalue weighted by atomic mass is 16.5. The maximum absolute atomic E-state index is 12.6. The van der Waals surface area contributed by atoms with Crippen molar-refractivity contribution >= 4 is 5.97 Å². The van der Waals surface area contributed by atoms with Crippen LogP contribution in [0.25, 0.3) is 0 Å². The molecular weight excluding hydrogens is 376 g/mol. The summed E-state index contributed by atoms with van der Waals surface area (Å²) in [5.74, 6) is -0.0384. The number of rotatable bonds is 5. The molecule has 7 heteroatoms. The Balaban J connectivity index is 2.01. The van der Waals surface area contributed by atoms with E-state index in [9.17, 15) is 20.1 Å². The van der Waals surface area contributed by atoms with Crippen LogP contribution in [-0.2, 0) is 29.2 Å². The van der Waals surface area contributed by atoms with Crippen molar-refractivity contribution in [2.75, 3.05) is 20.8 Å². The number of benzene rings is 2. The molecule has 4 rings (SSSR count). The Labute approximate surface area is 167 Å². The van der Waals surface area contributed by atoms with Crippen molar-refractivity contribution in [3.05, 3.63) is 63.2 Å². The van der Waals surface area contributed by atoms with E-state index in [-0.39, 0.29) is 31.5 Å². The van der Waals surface area contributed by atoms with E-state index in [1.54, 1.807) is 12.1 Å². The van der Waals surface area contributed by atoms with E-state index in [4.69, 9.17) is 14.2 Å². The van der Waals surface area contributed by atoms with Crippen LogP contribution < -0.4 is 9.47 Å². The molecule has 29 heavy (non-hydrogen) atoms. The van der Waals surface area contributed by atoms with Crippen LogP contribution in [0.2, 0.25) is 0 Å². The summed E-state index contributed by atoms with van der Waals surface area (Å²) < 4.78 is 16.2. The lowest BCUT2D eigenvalue weighted by atomic mass is 9.74. The summed E-state index contributed by atoms with van der Waals surface area (Å²) >= 11 is 0. The molecule has 1 atom stereocenters. The second kappa shape index (κ2) is 7.42. The number of carbonyl (C=O) groups is 1. The van der Waals surface area contributed by atoms with Gasteiger partial charge in [-0.3, -0.25) is 0 Å². The summed E-state index contributed by atoms with van der Waals surface area (Å²) in [5.41, 5.74) is 4.89. The normalized spacial score (nSPS) is 17.7. The number of cyclic esters (lactones) is 1. The smallest absolute Gasteiger partial charge is 0.335 e. The number of fused-ring (bicyclic) bond motifs is 1. The van der Waals surface area contributed by atoms with Gasteiger partial charge in [-0.2, -0.15) is 0 Å². The second-order valence-electron chi connectivity index (χ2n) is 7.07. The summed E-state index contributed by atoms with van der Waals surface area (Å²) in [6, 6.07) is 6.76. The largest absolute Gasteiger partial charge is 0.504 e. The number of hydrogen-bond donors (Lipinski definition) is 3. The van der Waals surface area contributed by atoms with Crippen molar-refractivity contribution < 1.29 is 34.3 Å². The van der Waals surface area contributed by atoms with Crippen LogP contribution in [-0.4, -0.2) is 42.1 Å². The van der Waals surface area contributed by atoms with Crippen molar-refractivity contribution in [2.45, 2.75) is 25.6 Å². The average molecular weight is 398 g/mol. The molecule has 1 aliphatic carbocycles. The Hall–Kier alpha value is -3.03. The third-order valence-corrected chi connectivity index (χ3v) is 5.65. The standard InChI is InChI=1S/C22H22O7/c1-27-18-7-11(3-4-17(18)25)19-14-5-12(8-23)16(9-24)21(28-2)15(14)6-13-10-29-22(26)20(13)19/h3-5,7,19,23-25H,6,8-10H2,1-2H3. The first kappa shape index (κ1) is 19.3. The van der Waals surface area contributed by atoms with Gasteiger partial charge in [0, 0.05) is 23.5 Å². The van der Waals surface area contributed by atoms with Crippen LogP contribution in [0, 0.1) is 0 Å². The second-order valence-corrected chi connectivity index (χ2v) is 7.07. The number of aromatic hydroxyl groups is 1. The quantitative estimate of drug-likeness (QED) is 0.661. The third-order valence-electron chi connectivity index (χ3n) is 5.65. The molecule has 0 radical (unpaired) electrons. The van der Waals surface area contributed by atoms with E-state index in [2.05, 4.69) is 0 Å². The SMILES string of the molecule is COc1cc(C2C3=C(COC3=O)Cc3c2cc(CO)c(CO)c3OC)ccc1O. The van der Waals surface area contributed by atoms with Crippen LogP contribution in [0.4, 0.5) is 0 Å². The zero-order valence-corrected chi connectivity index (χ0v) is 16.2. The summed E-state index contributed by atoms with van der Waals surface area (Å²) in [6.45, 7) is -0.342. The molecule has 0 saturated carbocycles. The summed E-state index contributed by atoms with van der Waals surface area (Å²) in [5, 5.41) is 29.7. The maximum Gasteiger partial charge on any atom is 0.335 e. The summed E-state index contributed by atoms with van der Waals surface area (Å²) in [4.78, 5) is 12.6. The number of aliphatic hydroxyl groups excluding tert-OH is 2. The van der Waals surface area contributed by atoms with Crippen molar-refractivity contribution in [3.8, 4) is 17.2 Å². The molecule has 152 valence electrons. The molecule has 1 aliphatic heterocycles. The van der Waals surface area contributed by atoms with E-state index < -0.39 is 5.92 Å². The molecule has 7 nitrogen and oxygen atoms in total. The first-order valence-electron chi connectivity index (χ1n) is 9.23. The fourth-order valence-electron chi connectivity index (χ4n) is 4.33. The number of ether oxygens (including phenoxy) is 3. The van der Waals surface area contributed by atoms with Gasteiger partial charge in [-0.15, -0.1) is 0 Å². The third kappa shape index (κ3) is 2.94. The molecule has 0 spiro atoms. The van der Waals surface area contributed by atoms with Crippen molar-refractivity contribution in [1.82, 2.24) is 0 Å². The zero-order chi connectivity index (χ0) is 20.7. The molecule has 1 unspecified atom stereocenters. The van der Waals surface area contributed by atoms with Gasteiger partial charge in [-0.1, -0.05) is 12.1 Å². The molecule has 1 heterocycles. The number of methoxy groups -OCH3 is 2. The number of hydrogen-bond acceptors (Lipinski definition) is 7. The van der Waals surface area contributed by atoms with Gasteiger partial charge in [0.25, 0.3) is 0 Å². The number of esters is 1. The van der Waals surface area contributed by atoms with Crippen LogP contribution in [0.15, 0.2) is 35.4 Å². The predicted molar refractivity (Wildman–Crippen MR) is 103 cm³/mol. The van der Waals surface area contributed by atoms with E-state index >= 15 is 0 Å². The van der Waals surface area contributed by atoms with E-state index in [0.717, 1.165) is 22.3 Å². The minimum absolute atomic E-state index is 0.000240. The fraction of sp³-hybridized carbons (Fsp3) is 0.318. The number of phenols is 1. The van der Waals surface area contributed by atoms with Gasteiger partial charge in [-0.25, -0.2) is 4.79 Å². The molecule has 2 aromatic carbocycles.